The number of rotatable bonds is 7. The van der Waals surface area contributed by atoms with Crippen molar-refractivity contribution in [2.24, 2.45) is 0 Å². The molecule has 1 amide bonds. The number of carboxylic acids is 1. The van der Waals surface area contributed by atoms with Crippen molar-refractivity contribution in [1.82, 2.24) is 5.32 Å². The zero-order chi connectivity index (χ0) is 18.6. The van der Waals surface area contributed by atoms with E-state index in [4.69, 9.17) is 4.42 Å². The van der Waals surface area contributed by atoms with Gasteiger partial charge in [0.15, 0.2) is 0 Å². The van der Waals surface area contributed by atoms with E-state index in [0.717, 1.165) is 16.2 Å². The molecule has 1 aromatic carbocycles. The molecule has 25 heavy (non-hydrogen) atoms. The van der Waals surface area contributed by atoms with Gasteiger partial charge in [-0.05, 0) is 36.9 Å². The van der Waals surface area contributed by atoms with Crippen LogP contribution in [0, 0.1) is 6.92 Å². The highest BCUT2D eigenvalue weighted by atomic mass is 32.2. The molecule has 0 saturated heterocycles. The zero-order valence-electron chi connectivity index (χ0n) is 14.8. The summed E-state index contributed by atoms with van der Waals surface area (Å²) >= 11 is 1.61. The van der Waals surface area contributed by atoms with Gasteiger partial charge < -0.3 is 14.8 Å². The third kappa shape index (κ3) is 4.89. The molecule has 1 unspecified atom stereocenters. The maximum atomic E-state index is 12.6. The number of carboxylic acid groups (broad SMARTS) is 1. The first kappa shape index (κ1) is 19.1. The molecule has 0 radical (unpaired) electrons. The summed E-state index contributed by atoms with van der Waals surface area (Å²) in [5.41, 5.74) is 1.21. The summed E-state index contributed by atoms with van der Waals surface area (Å²) in [5.74, 6) is 0.156. The molecule has 0 fully saturated rings. The normalized spacial score (nSPS) is 12.2. The number of hydrogen-bond donors (Lipinski definition) is 2. The lowest BCUT2D eigenvalue weighted by molar-refractivity contribution is -0.137. The Hall–Kier alpha value is -2.21. The lowest BCUT2D eigenvalue weighted by atomic mass is 10.0. The van der Waals surface area contributed by atoms with E-state index in [0.29, 0.717) is 11.3 Å². The first-order chi connectivity index (χ1) is 11.8. The number of benzene rings is 1. The summed E-state index contributed by atoms with van der Waals surface area (Å²) in [5, 5.41) is 12.0. The van der Waals surface area contributed by atoms with Crippen LogP contribution in [0.1, 0.15) is 59.7 Å². The lowest BCUT2D eigenvalue weighted by Gasteiger charge is -2.17. The average Bonchev–Trinajstić information content (AvgIpc) is 2.96. The van der Waals surface area contributed by atoms with Crippen LogP contribution in [0.25, 0.3) is 0 Å². The topological polar surface area (TPSA) is 79.5 Å². The molecule has 2 aromatic rings. The Morgan fingerprint density at radius 2 is 1.88 bits per heavy atom. The van der Waals surface area contributed by atoms with Crippen LogP contribution < -0.4 is 5.32 Å². The minimum absolute atomic E-state index is 0.175. The van der Waals surface area contributed by atoms with Crippen LogP contribution >= 0.6 is 11.8 Å². The Morgan fingerprint density at radius 3 is 2.36 bits per heavy atom. The maximum Gasteiger partial charge on any atom is 0.305 e. The molecule has 0 aliphatic heterocycles. The summed E-state index contributed by atoms with van der Waals surface area (Å²) in [4.78, 5) is 24.9. The second-order valence-electron chi connectivity index (χ2n) is 6.17. The van der Waals surface area contributed by atoms with Crippen LogP contribution in [0.5, 0.6) is 0 Å². The number of carbonyl (C=O) groups excluding carboxylic acids is 1. The van der Waals surface area contributed by atoms with Crippen molar-refractivity contribution in [3.8, 4) is 0 Å². The van der Waals surface area contributed by atoms with Gasteiger partial charge in [-0.1, -0.05) is 26.0 Å². The van der Waals surface area contributed by atoms with E-state index in [9.17, 15) is 14.7 Å². The Kier molecular flexibility index (Phi) is 6.31. The van der Waals surface area contributed by atoms with Crippen LogP contribution in [0.4, 0.5) is 0 Å². The van der Waals surface area contributed by atoms with Crippen molar-refractivity contribution in [2.75, 3.05) is 6.26 Å². The highest BCUT2D eigenvalue weighted by Crippen LogP contribution is 2.25. The number of amides is 1. The van der Waals surface area contributed by atoms with Gasteiger partial charge >= 0.3 is 5.97 Å². The fourth-order valence-corrected chi connectivity index (χ4v) is 2.92. The summed E-state index contributed by atoms with van der Waals surface area (Å²) in [6.07, 6.45) is 1.79. The molecule has 2 N–H and O–H groups in total. The molecule has 0 spiro atoms. The van der Waals surface area contributed by atoms with Gasteiger partial charge in [-0.25, -0.2) is 0 Å². The van der Waals surface area contributed by atoms with Crippen LogP contribution in [0.3, 0.4) is 0 Å². The standard InChI is InChI=1S/C19H23NO4S/c1-11(2)17-9-15(12(3)24-17)19(23)20-16(10-18(21)22)13-5-7-14(25-4)8-6-13/h5-9,11,16H,10H2,1-4H3,(H,20,23)(H,21,22). The van der Waals surface area contributed by atoms with Crippen LogP contribution in [0.2, 0.25) is 0 Å². The monoisotopic (exact) mass is 361 g/mol. The van der Waals surface area contributed by atoms with Gasteiger partial charge in [-0.15, -0.1) is 11.8 Å². The Morgan fingerprint density at radius 1 is 1.24 bits per heavy atom. The second kappa shape index (κ2) is 8.25. The molecule has 5 nitrogen and oxygen atoms in total. The van der Waals surface area contributed by atoms with Crippen molar-refractivity contribution in [3.05, 3.63) is 53.0 Å². The van der Waals surface area contributed by atoms with E-state index >= 15 is 0 Å². The Labute approximate surface area is 151 Å². The van der Waals surface area contributed by atoms with E-state index in [2.05, 4.69) is 5.32 Å². The SMILES string of the molecule is CSc1ccc(C(CC(=O)O)NC(=O)c2cc(C(C)C)oc2C)cc1. The van der Waals surface area contributed by atoms with Gasteiger partial charge in [0.25, 0.3) is 5.91 Å². The number of furan rings is 1. The molecule has 0 aliphatic rings. The molecule has 0 saturated carbocycles. The van der Waals surface area contributed by atoms with E-state index in [-0.39, 0.29) is 18.2 Å². The molecule has 134 valence electrons. The number of nitrogens with one attached hydrogen (secondary N) is 1. The molecule has 1 atom stereocenters. The number of aryl methyl sites for hydroxylation is 1. The van der Waals surface area contributed by atoms with E-state index < -0.39 is 12.0 Å². The van der Waals surface area contributed by atoms with Gasteiger partial charge in [0.1, 0.15) is 11.5 Å². The maximum absolute atomic E-state index is 12.6. The van der Waals surface area contributed by atoms with Crippen molar-refractivity contribution < 1.29 is 19.1 Å². The molecular formula is C19H23NO4S. The summed E-state index contributed by atoms with van der Waals surface area (Å²) in [6.45, 7) is 5.71. The van der Waals surface area contributed by atoms with Crippen molar-refractivity contribution >= 4 is 23.6 Å². The van der Waals surface area contributed by atoms with Gasteiger partial charge in [-0.2, -0.15) is 0 Å². The van der Waals surface area contributed by atoms with Crippen LogP contribution in [-0.4, -0.2) is 23.2 Å². The van der Waals surface area contributed by atoms with Gasteiger partial charge in [0.2, 0.25) is 0 Å². The highest BCUT2D eigenvalue weighted by Gasteiger charge is 2.22. The van der Waals surface area contributed by atoms with E-state index in [1.807, 2.05) is 44.4 Å². The van der Waals surface area contributed by atoms with E-state index in [1.54, 1.807) is 24.8 Å². The van der Waals surface area contributed by atoms with Crippen molar-refractivity contribution in [2.45, 2.75) is 44.0 Å². The summed E-state index contributed by atoms with van der Waals surface area (Å²) in [7, 11) is 0. The van der Waals surface area contributed by atoms with Crippen LogP contribution in [0.15, 0.2) is 39.6 Å². The fourth-order valence-electron chi connectivity index (χ4n) is 2.51. The Balaban J connectivity index is 2.23. The minimum atomic E-state index is -0.967. The van der Waals surface area contributed by atoms with Crippen LogP contribution in [-0.2, 0) is 4.79 Å². The fraction of sp³-hybridized carbons (Fsp3) is 0.368. The summed E-state index contributed by atoms with van der Waals surface area (Å²) < 4.78 is 5.62. The zero-order valence-corrected chi connectivity index (χ0v) is 15.6. The number of hydrogen-bond acceptors (Lipinski definition) is 4. The molecule has 0 bridgehead atoms. The molecule has 2 rings (SSSR count). The summed E-state index contributed by atoms with van der Waals surface area (Å²) in [6, 6.07) is 8.66. The number of thioether (sulfide) groups is 1. The van der Waals surface area contributed by atoms with Crippen molar-refractivity contribution in [1.29, 1.82) is 0 Å². The van der Waals surface area contributed by atoms with Crippen molar-refractivity contribution in [3.63, 3.8) is 0 Å². The second-order valence-corrected chi connectivity index (χ2v) is 7.05. The minimum Gasteiger partial charge on any atom is -0.481 e. The highest BCUT2D eigenvalue weighted by molar-refractivity contribution is 7.98. The van der Waals surface area contributed by atoms with E-state index in [1.165, 1.54) is 0 Å². The van der Waals surface area contributed by atoms with Gasteiger partial charge in [-0.3, -0.25) is 9.59 Å². The first-order valence-corrected chi connectivity index (χ1v) is 9.31. The van der Waals surface area contributed by atoms with Gasteiger partial charge in [0.05, 0.1) is 18.0 Å². The third-order valence-corrected chi connectivity index (χ3v) is 4.70. The molecule has 6 heteroatoms. The first-order valence-electron chi connectivity index (χ1n) is 8.08. The predicted octanol–water partition coefficient (Wildman–Crippen LogP) is 4.38. The molecule has 0 aliphatic carbocycles. The molecule has 1 aromatic heterocycles. The molecular weight excluding hydrogens is 338 g/mol. The lowest BCUT2D eigenvalue weighted by Crippen LogP contribution is -2.30. The average molecular weight is 361 g/mol. The predicted molar refractivity (Wildman–Crippen MR) is 98.2 cm³/mol. The number of carbonyl (C=O) groups is 2. The third-order valence-electron chi connectivity index (χ3n) is 3.95. The van der Waals surface area contributed by atoms with Gasteiger partial charge in [0, 0.05) is 10.8 Å². The molecule has 1 heterocycles. The number of aliphatic carboxylic acids is 1. The smallest absolute Gasteiger partial charge is 0.305 e. The largest absolute Gasteiger partial charge is 0.481 e. The quantitative estimate of drug-likeness (QED) is 0.716. The Bertz CT molecular complexity index is 749.